The molecule has 2 amide bonds. The van der Waals surface area contributed by atoms with E-state index in [9.17, 15) is 14.4 Å². The van der Waals surface area contributed by atoms with Gasteiger partial charge in [0.2, 0.25) is 5.91 Å². The summed E-state index contributed by atoms with van der Waals surface area (Å²) in [6.07, 6.45) is 2.97. The van der Waals surface area contributed by atoms with Crippen molar-refractivity contribution in [1.82, 2.24) is 9.80 Å². The highest BCUT2D eigenvalue weighted by atomic mass is 32.2. The number of amides is 2. The summed E-state index contributed by atoms with van der Waals surface area (Å²) in [5.74, 6) is -1.39. The fourth-order valence-electron chi connectivity index (χ4n) is 2.94. The lowest BCUT2D eigenvalue weighted by Gasteiger charge is -2.30. The minimum absolute atomic E-state index is 0.0647. The van der Waals surface area contributed by atoms with Gasteiger partial charge < -0.3 is 10.0 Å². The van der Waals surface area contributed by atoms with Gasteiger partial charge in [0.15, 0.2) is 0 Å². The zero-order valence-corrected chi connectivity index (χ0v) is 16.4. The summed E-state index contributed by atoms with van der Waals surface area (Å²) >= 11 is 8.09. The normalized spacial score (nSPS) is 20.2. The molecule has 2 aliphatic rings. The van der Waals surface area contributed by atoms with E-state index in [0.717, 1.165) is 4.88 Å². The van der Waals surface area contributed by atoms with Crippen LogP contribution < -0.4 is 0 Å². The highest BCUT2D eigenvalue weighted by molar-refractivity contribution is 8.26. The summed E-state index contributed by atoms with van der Waals surface area (Å²) in [7, 11) is 0. The predicted octanol–water partition coefficient (Wildman–Crippen LogP) is 2.66. The number of thiophene rings is 1. The van der Waals surface area contributed by atoms with Crippen molar-refractivity contribution in [3.05, 3.63) is 27.3 Å². The zero-order valence-electron chi connectivity index (χ0n) is 13.9. The van der Waals surface area contributed by atoms with Gasteiger partial charge in [-0.3, -0.25) is 19.3 Å². The van der Waals surface area contributed by atoms with Crippen LogP contribution >= 0.6 is 35.3 Å². The molecule has 0 saturated carbocycles. The van der Waals surface area contributed by atoms with Crippen LogP contribution in [0.1, 0.15) is 24.1 Å². The highest BCUT2D eigenvalue weighted by Crippen LogP contribution is 2.33. The maximum Gasteiger partial charge on any atom is 0.306 e. The van der Waals surface area contributed by atoms with Crippen molar-refractivity contribution < 1.29 is 19.5 Å². The maximum absolute atomic E-state index is 12.5. The first-order chi connectivity index (χ1) is 12.5. The molecule has 0 atom stereocenters. The van der Waals surface area contributed by atoms with Gasteiger partial charge in [-0.25, -0.2) is 0 Å². The average Bonchev–Trinajstić information content (AvgIpc) is 3.22. The minimum Gasteiger partial charge on any atom is -0.481 e. The van der Waals surface area contributed by atoms with Crippen molar-refractivity contribution in [2.24, 2.45) is 5.92 Å². The number of carboxylic acids is 1. The number of hydrogen-bond acceptors (Lipinski definition) is 6. The second kappa shape index (κ2) is 8.32. The van der Waals surface area contributed by atoms with E-state index < -0.39 is 5.97 Å². The van der Waals surface area contributed by atoms with Gasteiger partial charge in [-0.15, -0.1) is 11.3 Å². The molecule has 0 unspecified atom stereocenters. The number of likely N-dealkylation sites (tertiary alicyclic amines) is 1. The molecule has 0 spiro atoms. The number of thiocarbonyl (C=S) groups is 1. The van der Waals surface area contributed by atoms with Crippen molar-refractivity contribution in [3.63, 3.8) is 0 Å². The van der Waals surface area contributed by atoms with E-state index >= 15 is 0 Å². The first-order valence-electron chi connectivity index (χ1n) is 8.25. The largest absolute Gasteiger partial charge is 0.481 e. The molecule has 138 valence electrons. The average molecular weight is 411 g/mol. The highest BCUT2D eigenvalue weighted by Gasteiger charge is 2.33. The number of aliphatic carboxylic acids is 1. The number of carbonyl (C=O) groups is 3. The number of thioether (sulfide) groups is 1. The smallest absolute Gasteiger partial charge is 0.306 e. The lowest BCUT2D eigenvalue weighted by molar-refractivity contribution is -0.145. The molecule has 0 aromatic carbocycles. The number of hydrogen-bond donors (Lipinski definition) is 1. The molecule has 6 nitrogen and oxygen atoms in total. The Kier molecular flexibility index (Phi) is 6.10. The molecule has 2 aliphatic heterocycles. The molecule has 0 radical (unpaired) electrons. The quantitative estimate of drug-likeness (QED) is 0.594. The van der Waals surface area contributed by atoms with Crippen LogP contribution in [-0.2, 0) is 14.4 Å². The molecule has 1 aromatic heterocycles. The standard InChI is InChI=1S/C17H18N2O4S3/c20-14(18-6-3-11(4-7-18)16(22)23)5-8-19-15(21)13(26-17(19)24)10-12-2-1-9-25-12/h1-2,9-11H,3-8H2,(H,22,23). The van der Waals surface area contributed by atoms with E-state index in [1.807, 2.05) is 23.6 Å². The number of carbonyl (C=O) groups excluding carboxylic acids is 2. The maximum atomic E-state index is 12.5. The molecule has 2 fully saturated rings. The van der Waals surface area contributed by atoms with Gasteiger partial charge in [-0.05, 0) is 30.4 Å². The van der Waals surface area contributed by atoms with Crippen LogP contribution in [0.5, 0.6) is 0 Å². The topological polar surface area (TPSA) is 77.9 Å². The summed E-state index contributed by atoms with van der Waals surface area (Å²) in [4.78, 5) is 40.6. The van der Waals surface area contributed by atoms with E-state index in [2.05, 4.69) is 0 Å². The van der Waals surface area contributed by atoms with Crippen LogP contribution in [0, 0.1) is 5.92 Å². The molecular weight excluding hydrogens is 392 g/mol. The summed E-state index contributed by atoms with van der Waals surface area (Å²) in [5, 5.41) is 11.0. The van der Waals surface area contributed by atoms with Gasteiger partial charge in [0.05, 0.1) is 10.8 Å². The van der Waals surface area contributed by atoms with Crippen LogP contribution in [0.15, 0.2) is 22.4 Å². The van der Waals surface area contributed by atoms with E-state index in [1.54, 1.807) is 16.2 Å². The van der Waals surface area contributed by atoms with Gasteiger partial charge in [-0.2, -0.15) is 0 Å². The molecule has 2 saturated heterocycles. The van der Waals surface area contributed by atoms with Gasteiger partial charge in [-0.1, -0.05) is 30.0 Å². The third-order valence-corrected chi connectivity index (χ3v) is 6.63. The number of rotatable bonds is 5. The Hall–Kier alpha value is -1.71. The Morgan fingerprint density at radius 3 is 2.69 bits per heavy atom. The molecule has 1 aromatic rings. The van der Waals surface area contributed by atoms with Crippen molar-refractivity contribution >= 4 is 63.5 Å². The SMILES string of the molecule is O=C(O)C1CCN(C(=O)CCN2C(=O)C(=Cc3cccs3)SC2=S)CC1. The summed E-state index contributed by atoms with van der Waals surface area (Å²) in [6.45, 7) is 1.16. The second-order valence-corrected chi connectivity index (χ2v) is 8.75. The third kappa shape index (κ3) is 4.33. The van der Waals surface area contributed by atoms with Crippen molar-refractivity contribution in [3.8, 4) is 0 Å². The fourth-order valence-corrected chi connectivity index (χ4v) is 4.97. The van der Waals surface area contributed by atoms with Crippen LogP contribution in [-0.4, -0.2) is 56.6 Å². The molecule has 3 rings (SSSR count). The summed E-state index contributed by atoms with van der Waals surface area (Å²) in [5.41, 5.74) is 0. The Morgan fingerprint density at radius 1 is 1.35 bits per heavy atom. The molecular formula is C17H18N2O4S3. The van der Waals surface area contributed by atoms with E-state index in [0.29, 0.717) is 35.2 Å². The van der Waals surface area contributed by atoms with Gasteiger partial charge >= 0.3 is 5.97 Å². The molecule has 26 heavy (non-hydrogen) atoms. The zero-order chi connectivity index (χ0) is 18.7. The molecule has 1 N–H and O–H groups in total. The number of piperidine rings is 1. The van der Waals surface area contributed by atoms with E-state index in [1.165, 1.54) is 16.7 Å². The molecule has 9 heteroatoms. The lowest BCUT2D eigenvalue weighted by Crippen LogP contribution is -2.41. The Balaban J connectivity index is 1.53. The third-order valence-electron chi connectivity index (χ3n) is 4.44. The first-order valence-corrected chi connectivity index (χ1v) is 10.4. The molecule has 3 heterocycles. The summed E-state index contributed by atoms with van der Waals surface area (Å²) in [6, 6.07) is 3.85. The minimum atomic E-state index is -0.799. The number of carboxylic acid groups (broad SMARTS) is 1. The molecule has 0 aliphatic carbocycles. The van der Waals surface area contributed by atoms with E-state index in [4.69, 9.17) is 17.3 Å². The predicted molar refractivity (Wildman–Crippen MR) is 106 cm³/mol. The summed E-state index contributed by atoms with van der Waals surface area (Å²) < 4.78 is 0.468. The van der Waals surface area contributed by atoms with Crippen molar-refractivity contribution in [2.75, 3.05) is 19.6 Å². The van der Waals surface area contributed by atoms with Crippen LogP contribution in [0.4, 0.5) is 0 Å². The van der Waals surface area contributed by atoms with Crippen LogP contribution in [0.25, 0.3) is 6.08 Å². The molecule has 0 bridgehead atoms. The second-order valence-electron chi connectivity index (χ2n) is 6.09. The van der Waals surface area contributed by atoms with Gasteiger partial charge in [0.1, 0.15) is 4.32 Å². The van der Waals surface area contributed by atoms with Crippen LogP contribution in [0.2, 0.25) is 0 Å². The Bertz CT molecular complexity index is 752. The lowest BCUT2D eigenvalue weighted by atomic mass is 9.97. The number of nitrogens with zero attached hydrogens (tertiary/aromatic N) is 2. The van der Waals surface area contributed by atoms with E-state index in [-0.39, 0.29) is 30.7 Å². The van der Waals surface area contributed by atoms with Crippen molar-refractivity contribution in [2.45, 2.75) is 19.3 Å². The Labute approximate surface area is 164 Å². The fraction of sp³-hybridized carbons (Fsp3) is 0.412. The van der Waals surface area contributed by atoms with Crippen molar-refractivity contribution in [1.29, 1.82) is 0 Å². The van der Waals surface area contributed by atoms with Crippen LogP contribution in [0.3, 0.4) is 0 Å². The van der Waals surface area contributed by atoms with Gasteiger partial charge in [0.25, 0.3) is 5.91 Å². The Morgan fingerprint density at radius 2 is 2.08 bits per heavy atom. The monoisotopic (exact) mass is 410 g/mol. The first kappa shape index (κ1) is 19.1. The van der Waals surface area contributed by atoms with Gasteiger partial charge in [0, 0.05) is 30.9 Å².